The second-order valence-electron chi connectivity index (χ2n) is 4.90. The van der Waals surface area contributed by atoms with Crippen LogP contribution in [0, 0.1) is 5.41 Å². The molecule has 0 aromatic heterocycles. The van der Waals surface area contributed by atoms with Crippen molar-refractivity contribution < 1.29 is 10.2 Å². The van der Waals surface area contributed by atoms with Gasteiger partial charge < -0.3 is 15.5 Å². The zero-order chi connectivity index (χ0) is 12.7. The Morgan fingerprint density at radius 2 is 1.59 bits per heavy atom. The van der Waals surface area contributed by atoms with Crippen molar-refractivity contribution in [2.75, 3.05) is 19.8 Å². The number of aliphatic hydroxyl groups is 2. The van der Waals surface area contributed by atoms with Crippen molar-refractivity contribution in [3.8, 4) is 0 Å². The van der Waals surface area contributed by atoms with E-state index in [9.17, 15) is 0 Å². The average molecular weight is 237 g/mol. The molecule has 0 atom stereocenters. The Kier molecular flexibility index (Phi) is 5.62. The normalized spacial score (nSPS) is 11.8. The molecular weight excluding hydrogens is 214 g/mol. The van der Waals surface area contributed by atoms with Gasteiger partial charge in [0.15, 0.2) is 0 Å². The van der Waals surface area contributed by atoms with Crippen LogP contribution >= 0.6 is 0 Å². The highest BCUT2D eigenvalue weighted by atomic mass is 16.3. The first-order valence-corrected chi connectivity index (χ1v) is 6.14. The van der Waals surface area contributed by atoms with Crippen molar-refractivity contribution in [2.45, 2.75) is 26.8 Å². The largest absolute Gasteiger partial charge is 0.396 e. The van der Waals surface area contributed by atoms with E-state index in [1.54, 1.807) is 0 Å². The van der Waals surface area contributed by atoms with Crippen molar-refractivity contribution in [2.24, 2.45) is 5.41 Å². The topological polar surface area (TPSA) is 52.5 Å². The summed E-state index contributed by atoms with van der Waals surface area (Å²) in [7, 11) is 0. The maximum atomic E-state index is 9.15. The predicted molar refractivity (Wildman–Crippen MR) is 69.8 cm³/mol. The molecule has 0 amide bonds. The maximum absolute atomic E-state index is 9.15. The third-order valence-corrected chi connectivity index (χ3v) is 3.08. The summed E-state index contributed by atoms with van der Waals surface area (Å²) in [6.07, 6.45) is 1.06. The second kappa shape index (κ2) is 6.74. The van der Waals surface area contributed by atoms with Crippen LogP contribution < -0.4 is 5.32 Å². The highest BCUT2D eigenvalue weighted by molar-refractivity contribution is 5.22. The molecule has 0 spiro atoms. The Labute approximate surface area is 103 Å². The van der Waals surface area contributed by atoms with E-state index >= 15 is 0 Å². The van der Waals surface area contributed by atoms with Crippen molar-refractivity contribution in [1.82, 2.24) is 5.32 Å². The molecule has 96 valence electrons. The van der Waals surface area contributed by atoms with Crippen LogP contribution in [-0.4, -0.2) is 30.0 Å². The molecule has 0 fully saturated rings. The number of aryl methyl sites for hydroxylation is 1. The highest BCUT2D eigenvalue weighted by Crippen LogP contribution is 2.12. The molecule has 3 nitrogen and oxygen atoms in total. The Morgan fingerprint density at radius 3 is 2.06 bits per heavy atom. The molecule has 0 unspecified atom stereocenters. The van der Waals surface area contributed by atoms with Gasteiger partial charge in [0.2, 0.25) is 0 Å². The maximum Gasteiger partial charge on any atom is 0.0518 e. The van der Waals surface area contributed by atoms with Crippen molar-refractivity contribution in [3.05, 3.63) is 35.4 Å². The molecule has 0 heterocycles. The van der Waals surface area contributed by atoms with Gasteiger partial charge >= 0.3 is 0 Å². The van der Waals surface area contributed by atoms with Crippen LogP contribution in [0.4, 0.5) is 0 Å². The van der Waals surface area contributed by atoms with Crippen LogP contribution in [0.25, 0.3) is 0 Å². The quantitative estimate of drug-likeness (QED) is 0.670. The van der Waals surface area contributed by atoms with Crippen LogP contribution in [0.2, 0.25) is 0 Å². The summed E-state index contributed by atoms with van der Waals surface area (Å²) in [6.45, 7) is 5.35. The molecule has 0 bridgehead atoms. The fourth-order valence-electron chi connectivity index (χ4n) is 1.56. The Balaban J connectivity index is 2.40. The minimum absolute atomic E-state index is 0.00866. The van der Waals surface area contributed by atoms with Crippen LogP contribution in [0.1, 0.15) is 25.0 Å². The summed E-state index contributed by atoms with van der Waals surface area (Å²) < 4.78 is 0. The minimum atomic E-state index is -0.441. The van der Waals surface area contributed by atoms with Gasteiger partial charge in [-0.15, -0.1) is 0 Å². The fourth-order valence-corrected chi connectivity index (χ4v) is 1.56. The molecule has 0 saturated heterocycles. The van der Waals surface area contributed by atoms with Crippen molar-refractivity contribution in [1.29, 1.82) is 0 Å². The summed E-state index contributed by atoms with van der Waals surface area (Å²) in [5.41, 5.74) is 2.12. The summed E-state index contributed by atoms with van der Waals surface area (Å²) in [5, 5.41) is 21.6. The van der Waals surface area contributed by atoms with Crippen molar-refractivity contribution >= 4 is 0 Å². The lowest BCUT2D eigenvalue weighted by Gasteiger charge is -2.24. The highest BCUT2D eigenvalue weighted by Gasteiger charge is 2.21. The van der Waals surface area contributed by atoms with E-state index in [4.69, 9.17) is 10.2 Å². The van der Waals surface area contributed by atoms with E-state index in [-0.39, 0.29) is 13.2 Å². The number of benzene rings is 1. The minimum Gasteiger partial charge on any atom is -0.396 e. The van der Waals surface area contributed by atoms with Gasteiger partial charge in [0.25, 0.3) is 0 Å². The smallest absolute Gasteiger partial charge is 0.0518 e. The van der Waals surface area contributed by atoms with Crippen LogP contribution in [-0.2, 0) is 13.0 Å². The zero-order valence-electron chi connectivity index (χ0n) is 10.7. The van der Waals surface area contributed by atoms with Gasteiger partial charge in [0.05, 0.1) is 13.2 Å². The van der Waals surface area contributed by atoms with Gasteiger partial charge in [-0.05, 0) is 17.5 Å². The second-order valence-corrected chi connectivity index (χ2v) is 4.90. The fraction of sp³-hybridized carbons (Fsp3) is 0.571. The molecule has 3 N–H and O–H groups in total. The van der Waals surface area contributed by atoms with E-state index < -0.39 is 5.41 Å². The third kappa shape index (κ3) is 4.46. The number of nitrogens with one attached hydrogen (secondary N) is 1. The lowest BCUT2D eigenvalue weighted by molar-refractivity contribution is 0.0695. The van der Waals surface area contributed by atoms with Gasteiger partial charge in [-0.25, -0.2) is 0 Å². The molecule has 17 heavy (non-hydrogen) atoms. The lowest BCUT2D eigenvalue weighted by Crippen LogP contribution is -2.37. The third-order valence-electron chi connectivity index (χ3n) is 3.08. The van der Waals surface area contributed by atoms with Gasteiger partial charge in [0, 0.05) is 18.5 Å². The van der Waals surface area contributed by atoms with Crippen LogP contribution in [0.5, 0.6) is 0 Å². The lowest BCUT2D eigenvalue weighted by atomic mass is 9.93. The molecule has 0 aliphatic heterocycles. The molecule has 0 radical (unpaired) electrons. The van der Waals surface area contributed by atoms with Gasteiger partial charge in [-0.2, -0.15) is 0 Å². The number of hydrogen-bond acceptors (Lipinski definition) is 3. The van der Waals surface area contributed by atoms with E-state index in [0.717, 1.165) is 13.0 Å². The van der Waals surface area contributed by atoms with Gasteiger partial charge in [-0.3, -0.25) is 0 Å². The van der Waals surface area contributed by atoms with E-state index in [2.05, 4.69) is 36.5 Å². The van der Waals surface area contributed by atoms with Gasteiger partial charge in [0.1, 0.15) is 0 Å². The molecule has 0 aliphatic carbocycles. The first-order valence-electron chi connectivity index (χ1n) is 6.14. The van der Waals surface area contributed by atoms with E-state index in [1.807, 2.05) is 6.92 Å². The number of rotatable bonds is 7. The van der Waals surface area contributed by atoms with Crippen LogP contribution in [0.15, 0.2) is 24.3 Å². The molecule has 3 heteroatoms. The summed E-state index contributed by atoms with van der Waals surface area (Å²) >= 11 is 0. The van der Waals surface area contributed by atoms with Crippen molar-refractivity contribution in [3.63, 3.8) is 0 Å². The molecule has 0 aliphatic rings. The molecule has 1 aromatic carbocycles. The number of aliphatic hydroxyl groups excluding tert-OH is 2. The molecular formula is C14H23NO2. The standard InChI is InChI=1S/C14H23NO2/c1-3-12-4-6-13(7-5-12)8-15-9-14(2,10-16)11-17/h4-7,15-17H,3,8-11H2,1-2H3. The Hall–Kier alpha value is -0.900. The van der Waals surface area contributed by atoms with E-state index in [1.165, 1.54) is 11.1 Å². The average Bonchev–Trinajstić information content (AvgIpc) is 2.39. The molecule has 1 rings (SSSR count). The molecule has 0 saturated carbocycles. The first kappa shape index (κ1) is 14.2. The van der Waals surface area contributed by atoms with Crippen LogP contribution in [0.3, 0.4) is 0 Å². The summed E-state index contributed by atoms with van der Waals surface area (Å²) in [6, 6.07) is 8.49. The van der Waals surface area contributed by atoms with E-state index in [0.29, 0.717) is 6.54 Å². The summed E-state index contributed by atoms with van der Waals surface area (Å²) in [4.78, 5) is 0. The zero-order valence-corrected chi connectivity index (χ0v) is 10.7. The Morgan fingerprint density at radius 1 is 1.06 bits per heavy atom. The number of hydrogen-bond donors (Lipinski definition) is 3. The monoisotopic (exact) mass is 237 g/mol. The molecule has 1 aromatic rings. The predicted octanol–water partition coefficient (Wildman–Crippen LogP) is 1.33. The SMILES string of the molecule is CCc1ccc(CNCC(C)(CO)CO)cc1. The Bertz CT molecular complexity index is 317. The van der Waals surface area contributed by atoms with Gasteiger partial charge in [-0.1, -0.05) is 38.1 Å². The first-order chi connectivity index (χ1) is 8.13. The summed E-state index contributed by atoms with van der Waals surface area (Å²) in [5.74, 6) is 0.